The van der Waals surface area contributed by atoms with Gasteiger partial charge >= 0.3 is 5.69 Å². The Labute approximate surface area is 97.9 Å². The first-order chi connectivity index (χ1) is 7.50. The summed E-state index contributed by atoms with van der Waals surface area (Å²) in [6.45, 7) is 3.95. The summed E-state index contributed by atoms with van der Waals surface area (Å²) in [7, 11) is 1.68. The highest BCUT2D eigenvalue weighted by atomic mass is 35.5. The Bertz CT molecular complexity index is 604. The molecule has 0 aliphatic rings. The van der Waals surface area contributed by atoms with Crippen LogP contribution in [0.4, 0.5) is 0 Å². The van der Waals surface area contributed by atoms with E-state index in [4.69, 9.17) is 11.6 Å². The van der Waals surface area contributed by atoms with Crippen LogP contribution in [0.2, 0.25) is 5.15 Å². The van der Waals surface area contributed by atoms with Gasteiger partial charge in [0, 0.05) is 7.05 Å². The zero-order chi connectivity index (χ0) is 11.9. The minimum absolute atomic E-state index is 0.141. The molecule has 0 aliphatic carbocycles. The number of halogens is 1. The first kappa shape index (κ1) is 11.1. The molecule has 0 fully saturated rings. The molecule has 2 rings (SSSR count). The Balaban J connectivity index is 2.96. The second kappa shape index (κ2) is 3.87. The third kappa shape index (κ3) is 1.69. The zero-order valence-electron chi connectivity index (χ0n) is 9.36. The molecule has 0 saturated carbocycles. The summed E-state index contributed by atoms with van der Waals surface area (Å²) in [6, 6.07) is 3.47. The molecule has 0 saturated heterocycles. The van der Waals surface area contributed by atoms with Crippen molar-refractivity contribution in [2.75, 3.05) is 0 Å². The van der Waals surface area contributed by atoms with E-state index >= 15 is 0 Å². The minimum Gasteiger partial charge on any atom is -0.293 e. The van der Waals surface area contributed by atoms with Gasteiger partial charge < -0.3 is 0 Å². The van der Waals surface area contributed by atoms with E-state index in [1.54, 1.807) is 19.2 Å². The van der Waals surface area contributed by atoms with Crippen molar-refractivity contribution >= 4 is 22.6 Å². The summed E-state index contributed by atoms with van der Waals surface area (Å²) in [5.41, 5.74) is 1.89. The Morgan fingerprint density at radius 3 is 2.62 bits per heavy atom. The van der Waals surface area contributed by atoms with Crippen molar-refractivity contribution in [2.24, 2.45) is 7.05 Å². The van der Waals surface area contributed by atoms with Crippen LogP contribution in [0.3, 0.4) is 0 Å². The molecule has 84 valence electrons. The number of hydrogen-bond acceptors (Lipinski definition) is 3. The highest BCUT2D eigenvalue weighted by molar-refractivity contribution is 6.29. The van der Waals surface area contributed by atoms with Crippen molar-refractivity contribution in [3.8, 4) is 0 Å². The summed E-state index contributed by atoms with van der Waals surface area (Å²) in [5, 5.41) is 0.412. The quantitative estimate of drug-likeness (QED) is 0.714. The maximum atomic E-state index is 11.6. The summed E-state index contributed by atoms with van der Waals surface area (Å²) >= 11 is 5.86. The molecule has 0 aliphatic heterocycles. The standard InChI is InChI=1S/C11H12ClN3O/c1-6(2)9-10-7(4-5-8(12)13-10)15(3)11(16)14-9/h4-6H,1-3H3. The summed E-state index contributed by atoms with van der Waals surface area (Å²) in [4.78, 5) is 19.9. The number of fused-ring (bicyclic) bond motifs is 1. The van der Waals surface area contributed by atoms with Gasteiger partial charge in [0.1, 0.15) is 10.7 Å². The van der Waals surface area contributed by atoms with Gasteiger partial charge in [-0.25, -0.2) is 9.78 Å². The van der Waals surface area contributed by atoms with Gasteiger partial charge in [-0.3, -0.25) is 4.57 Å². The summed E-state index contributed by atoms with van der Waals surface area (Å²) in [5.74, 6) is 0.141. The first-order valence-corrected chi connectivity index (χ1v) is 5.41. The van der Waals surface area contributed by atoms with Crippen LogP contribution in [0, 0.1) is 0 Å². The fourth-order valence-corrected chi connectivity index (χ4v) is 1.77. The number of hydrogen-bond donors (Lipinski definition) is 0. The van der Waals surface area contributed by atoms with Crippen LogP contribution >= 0.6 is 11.6 Å². The van der Waals surface area contributed by atoms with Crippen molar-refractivity contribution in [1.82, 2.24) is 14.5 Å². The molecule has 0 amide bonds. The lowest BCUT2D eigenvalue weighted by molar-refractivity contribution is 0.770. The number of rotatable bonds is 1. The Kier molecular flexibility index (Phi) is 2.68. The van der Waals surface area contributed by atoms with E-state index in [0.717, 1.165) is 5.52 Å². The molecule has 0 spiro atoms. The molecule has 0 atom stereocenters. The smallest absolute Gasteiger partial charge is 0.293 e. The predicted octanol–water partition coefficient (Wildman–Crippen LogP) is 2.11. The summed E-state index contributed by atoms with van der Waals surface area (Å²) in [6.07, 6.45) is 0. The van der Waals surface area contributed by atoms with Crippen LogP contribution in [0.5, 0.6) is 0 Å². The monoisotopic (exact) mass is 237 g/mol. The third-order valence-corrected chi connectivity index (χ3v) is 2.70. The van der Waals surface area contributed by atoms with Crippen molar-refractivity contribution in [3.05, 3.63) is 33.5 Å². The number of pyridine rings is 1. The van der Waals surface area contributed by atoms with Crippen molar-refractivity contribution in [2.45, 2.75) is 19.8 Å². The van der Waals surface area contributed by atoms with Crippen LogP contribution in [0.25, 0.3) is 11.0 Å². The van der Waals surface area contributed by atoms with Crippen LogP contribution < -0.4 is 5.69 Å². The second-order valence-electron chi connectivity index (χ2n) is 4.00. The molecule has 2 heterocycles. The van der Waals surface area contributed by atoms with Gasteiger partial charge in [0.05, 0.1) is 11.2 Å². The number of aryl methyl sites for hydroxylation is 1. The predicted molar refractivity (Wildman–Crippen MR) is 63.9 cm³/mol. The summed E-state index contributed by atoms with van der Waals surface area (Å²) < 4.78 is 1.48. The van der Waals surface area contributed by atoms with Crippen LogP contribution in [-0.2, 0) is 7.05 Å². The molecule has 5 heteroatoms. The average molecular weight is 238 g/mol. The van der Waals surface area contributed by atoms with E-state index in [1.807, 2.05) is 13.8 Å². The largest absolute Gasteiger partial charge is 0.348 e. The van der Waals surface area contributed by atoms with E-state index in [1.165, 1.54) is 4.57 Å². The molecule has 2 aromatic heterocycles. The van der Waals surface area contributed by atoms with Gasteiger partial charge in [0.15, 0.2) is 0 Å². The highest BCUT2D eigenvalue weighted by Gasteiger charge is 2.12. The molecule has 16 heavy (non-hydrogen) atoms. The molecule has 0 N–H and O–H groups in total. The first-order valence-electron chi connectivity index (χ1n) is 5.04. The van der Waals surface area contributed by atoms with Gasteiger partial charge in [-0.15, -0.1) is 0 Å². The van der Waals surface area contributed by atoms with Crippen molar-refractivity contribution in [1.29, 1.82) is 0 Å². The van der Waals surface area contributed by atoms with Crippen molar-refractivity contribution in [3.63, 3.8) is 0 Å². The SMILES string of the molecule is CC(C)c1nc(=O)n(C)c2ccc(Cl)nc12. The minimum atomic E-state index is -0.264. The molecular formula is C11H12ClN3O. The number of nitrogens with zero attached hydrogens (tertiary/aromatic N) is 3. The van der Waals surface area contributed by atoms with E-state index in [9.17, 15) is 4.79 Å². The Hall–Kier alpha value is -1.42. The fraction of sp³-hybridized carbons (Fsp3) is 0.364. The van der Waals surface area contributed by atoms with E-state index in [2.05, 4.69) is 9.97 Å². The van der Waals surface area contributed by atoms with Gasteiger partial charge in [0.25, 0.3) is 0 Å². The lowest BCUT2D eigenvalue weighted by Crippen LogP contribution is -2.23. The molecular weight excluding hydrogens is 226 g/mol. The number of aromatic nitrogens is 3. The maximum absolute atomic E-state index is 11.6. The third-order valence-electron chi connectivity index (χ3n) is 2.49. The van der Waals surface area contributed by atoms with Crippen LogP contribution in [0.1, 0.15) is 25.5 Å². The molecule has 0 unspecified atom stereocenters. The normalized spacial score (nSPS) is 11.3. The molecule has 0 radical (unpaired) electrons. The molecule has 0 bridgehead atoms. The lowest BCUT2D eigenvalue weighted by atomic mass is 10.1. The molecule has 2 aromatic rings. The van der Waals surface area contributed by atoms with Gasteiger partial charge in [-0.1, -0.05) is 25.4 Å². The molecule has 4 nitrogen and oxygen atoms in total. The van der Waals surface area contributed by atoms with Crippen LogP contribution in [-0.4, -0.2) is 14.5 Å². The van der Waals surface area contributed by atoms with E-state index in [-0.39, 0.29) is 11.6 Å². The Morgan fingerprint density at radius 2 is 2.00 bits per heavy atom. The Morgan fingerprint density at radius 1 is 1.31 bits per heavy atom. The lowest BCUT2D eigenvalue weighted by Gasteiger charge is -2.10. The van der Waals surface area contributed by atoms with E-state index in [0.29, 0.717) is 16.4 Å². The van der Waals surface area contributed by atoms with Crippen molar-refractivity contribution < 1.29 is 0 Å². The topological polar surface area (TPSA) is 47.8 Å². The van der Waals surface area contributed by atoms with E-state index < -0.39 is 0 Å². The second-order valence-corrected chi connectivity index (χ2v) is 4.38. The van der Waals surface area contributed by atoms with Gasteiger partial charge in [0.2, 0.25) is 0 Å². The average Bonchev–Trinajstić information content (AvgIpc) is 2.22. The zero-order valence-corrected chi connectivity index (χ0v) is 10.1. The van der Waals surface area contributed by atoms with Gasteiger partial charge in [-0.05, 0) is 18.1 Å². The molecule has 0 aromatic carbocycles. The van der Waals surface area contributed by atoms with Gasteiger partial charge in [-0.2, -0.15) is 4.98 Å². The van der Waals surface area contributed by atoms with Crippen LogP contribution in [0.15, 0.2) is 16.9 Å². The fourth-order valence-electron chi connectivity index (χ4n) is 1.62. The highest BCUT2D eigenvalue weighted by Crippen LogP contribution is 2.21. The maximum Gasteiger partial charge on any atom is 0.348 e.